The maximum absolute atomic E-state index is 12.8. The van der Waals surface area contributed by atoms with E-state index in [1.54, 1.807) is 6.08 Å². The first-order valence-corrected chi connectivity index (χ1v) is 10.3. The number of carbonyl (C=O) groups excluding carboxylic acids is 1. The van der Waals surface area contributed by atoms with Crippen molar-refractivity contribution in [1.29, 1.82) is 5.26 Å². The summed E-state index contributed by atoms with van der Waals surface area (Å²) in [5.74, 6) is 0.408. The quantitative estimate of drug-likeness (QED) is 0.419. The predicted octanol–water partition coefficient (Wildman–Crippen LogP) is 5.66. The van der Waals surface area contributed by atoms with Gasteiger partial charge >= 0.3 is 0 Å². The number of nitrogens with zero attached hydrogens (tertiary/aromatic N) is 2. The first-order chi connectivity index (χ1) is 14.8. The molecule has 1 amide bonds. The molecule has 0 unspecified atom stereocenters. The van der Waals surface area contributed by atoms with Crippen LogP contribution in [0.3, 0.4) is 0 Å². The van der Waals surface area contributed by atoms with Gasteiger partial charge in [0.25, 0.3) is 5.91 Å². The first-order valence-electron chi connectivity index (χ1n) is 10.3. The van der Waals surface area contributed by atoms with Gasteiger partial charge in [0.05, 0.1) is 6.61 Å². The first kappa shape index (κ1) is 21.9. The molecule has 0 saturated heterocycles. The number of nitriles is 1. The zero-order valence-corrected chi connectivity index (χ0v) is 18.6. The molecule has 0 aliphatic carbocycles. The number of ether oxygens (including phenoxy) is 1. The van der Waals surface area contributed by atoms with Crippen molar-refractivity contribution in [2.24, 2.45) is 0 Å². The maximum Gasteiger partial charge on any atom is 0.266 e. The van der Waals surface area contributed by atoms with Gasteiger partial charge in [-0.1, -0.05) is 12.1 Å². The van der Waals surface area contributed by atoms with Crippen molar-refractivity contribution in [3.63, 3.8) is 0 Å². The summed E-state index contributed by atoms with van der Waals surface area (Å²) in [7, 11) is 0. The largest absolute Gasteiger partial charge is 0.494 e. The topological polar surface area (TPSA) is 67.0 Å². The van der Waals surface area contributed by atoms with Crippen molar-refractivity contribution in [3.8, 4) is 17.5 Å². The molecule has 0 fully saturated rings. The number of aromatic nitrogens is 1. The summed E-state index contributed by atoms with van der Waals surface area (Å²) in [5.41, 5.74) is 6.64. The molecule has 0 bridgehead atoms. The molecule has 158 valence electrons. The fraction of sp³-hybridized carbons (Fsp3) is 0.231. The fourth-order valence-electron chi connectivity index (χ4n) is 3.57. The lowest BCUT2D eigenvalue weighted by atomic mass is 10.1. The Morgan fingerprint density at radius 1 is 1.13 bits per heavy atom. The van der Waals surface area contributed by atoms with Crippen LogP contribution in [0.1, 0.15) is 35.0 Å². The number of amides is 1. The van der Waals surface area contributed by atoms with Crippen molar-refractivity contribution < 1.29 is 9.53 Å². The van der Waals surface area contributed by atoms with Gasteiger partial charge in [0.1, 0.15) is 17.4 Å². The van der Waals surface area contributed by atoms with Crippen LogP contribution in [0.5, 0.6) is 5.75 Å². The minimum Gasteiger partial charge on any atom is -0.494 e. The minimum absolute atomic E-state index is 0.0628. The lowest BCUT2D eigenvalue weighted by Gasteiger charge is -2.11. The average Bonchev–Trinajstić information content (AvgIpc) is 3.03. The molecule has 0 aliphatic rings. The van der Waals surface area contributed by atoms with Crippen LogP contribution in [0, 0.1) is 39.0 Å². The highest BCUT2D eigenvalue weighted by Crippen LogP contribution is 2.25. The second-order valence-corrected chi connectivity index (χ2v) is 7.46. The molecule has 0 spiro atoms. The Morgan fingerprint density at radius 2 is 1.84 bits per heavy atom. The smallest absolute Gasteiger partial charge is 0.266 e. The van der Waals surface area contributed by atoms with Gasteiger partial charge in [-0.15, -0.1) is 0 Å². The van der Waals surface area contributed by atoms with E-state index in [0.717, 1.165) is 39.5 Å². The summed E-state index contributed by atoms with van der Waals surface area (Å²) in [6.07, 6.45) is 1.65. The van der Waals surface area contributed by atoms with Crippen molar-refractivity contribution >= 4 is 17.7 Å². The van der Waals surface area contributed by atoms with Crippen molar-refractivity contribution in [2.75, 3.05) is 11.9 Å². The van der Waals surface area contributed by atoms with Crippen LogP contribution in [0.25, 0.3) is 11.8 Å². The predicted molar refractivity (Wildman–Crippen MR) is 125 cm³/mol. The molecule has 1 heterocycles. The van der Waals surface area contributed by atoms with Gasteiger partial charge in [0, 0.05) is 22.8 Å². The molecule has 31 heavy (non-hydrogen) atoms. The molecule has 0 radical (unpaired) electrons. The van der Waals surface area contributed by atoms with Crippen LogP contribution in [0.2, 0.25) is 0 Å². The summed E-state index contributed by atoms with van der Waals surface area (Å²) >= 11 is 0. The molecule has 1 N–H and O–H groups in total. The van der Waals surface area contributed by atoms with Crippen LogP contribution < -0.4 is 10.1 Å². The molecular weight excluding hydrogens is 386 g/mol. The van der Waals surface area contributed by atoms with Crippen molar-refractivity contribution in [3.05, 3.63) is 82.2 Å². The zero-order chi connectivity index (χ0) is 22.5. The monoisotopic (exact) mass is 413 g/mol. The zero-order valence-electron chi connectivity index (χ0n) is 18.6. The SMILES string of the molecule is CCOc1ccc(-n2c(C)cc(/C=C(/C#N)C(=O)Nc3cccc(C)c3C)c2C)cc1. The van der Waals surface area contributed by atoms with E-state index in [4.69, 9.17) is 4.74 Å². The highest BCUT2D eigenvalue weighted by molar-refractivity contribution is 6.10. The van der Waals surface area contributed by atoms with Crippen molar-refractivity contribution in [2.45, 2.75) is 34.6 Å². The number of anilines is 1. The third-order valence-corrected chi connectivity index (χ3v) is 5.39. The van der Waals surface area contributed by atoms with Crippen molar-refractivity contribution in [1.82, 2.24) is 4.57 Å². The van der Waals surface area contributed by atoms with Gasteiger partial charge < -0.3 is 14.6 Å². The highest BCUT2D eigenvalue weighted by atomic mass is 16.5. The van der Waals surface area contributed by atoms with Gasteiger partial charge in [0.2, 0.25) is 0 Å². The highest BCUT2D eigenvalue weighted by Gasteiger charge is 2.15. The molecule has 2 aromatic carbocycles. The van der Waals surface area contributed by atoms with Crippen LogP contribution in [0.4, 0.5) is 5.69 Å². The molecule has 5 nitrogen and oxygen atoms in total. The van der Waals surface area contributed by atoms with E-state index in [9.17, 15) is 10.1 Å². The van der Waals surface area contributed by atoms with E-state index >= 15 is 0 Å². The van der Waals surface area contributed by atoms with E-state index < -0.39 is 5.91 Å². The Balaban J connectivity index is 1.91. The lowest BCUT2D eigenvalue weighted by molar-refractivity contribution is -0.112. The van der Waals surface area contributed by atoms with Gasteiger partial charge in [-0.25, -0.2) is 0 Å². The Labute approximate surface area is 183 Å². The van der Waals surface area contributed by atoms with Gasteiger partial charge in [-0.2, -0.15) is 5.26 Å². The number of aryl methyl sites for hydroxylation is 2. The van der Waals surface area contributed by atoms with Crippen LogP contribution in [0.15, 0.2) is 54.1 Å². The molecule has 0 aliphatic heterocycles. The second-order valence-electron chi connectivity index (χ2n) is 7.46. The number of hydrogen-bond acceptors (Lipinski definition) is 3. The summed E-state index contributed by atoms with van der Waals surface area (Å²) in [4.78, 5) is 12.8. The van der Waals surface area contributed by atoms with Crippen LogP contribution in [-0.2, 0) is 4.79 Å². The summed E-state index contributed by atoms with van der Waals surface area (Å²) in [5, 5.41) is 12.5. The number of nitrogens with one attached hydrogen (secondary N) is 1. The van der Waals surface area contributed by atoms with E-state index in [2.05, 4.69) is 9.88 Å². The van der Waals surface area contributed by atoms with Crippen LogP contribution in [-0.4, -0.2) is 17.1 Å². The molecule has 3 aromatic rings. The Morgan fingerprint density at radius 3 is 2.48 bits per heavy atom. The van der Waals surface area contributed by atoms with E-state index in [0.29, 0.717) is 12.3 Å². The van der Waals surface area contributed by atoms with Gasteiger partial charge in [-0.05, 0) is 93.8 Å². The van der Waals surface area contributed by atoms with E-state index in [-0.39, 0.29) is 5.57 Å². The van der Waals surface area contributed by atoms with Gasteiger partial charge in [-0.3, -0.25) is 4.79 Å². The summed E-state index contributed by atoms with van der Waals surface area (Å²) < 4.78 is 7.62. The molecule has 0 saturated carbocycles. The third kappa shape index (κ3) is 4.70. The fourth-order valence-corrected chi connectivity index (χ4v) is 3.57. The summed E-state index contributed by atoms with van der Waals surface area (Å²) in [6, 6.07) is 17.6. The normalized spacial score (nSPS) is 11.2. The molecule has 3 rings (SSSR count). The Bertz CT molecular complexity index is 1180. The molecule has 1 aromatic heterocycles. The van der Waals surface area contributed by atoms with E-state index in [1.165, 1.54) is 0 Å². The second kappa shape index (κ2) is 9.36. The molecular formula is C26H27N3O2. The van der Waals surface area contributed by atoms with E-state index in [1.807, 2.05) is 89.2 Å². The average molecular weight is 414 g/mol. The standard InChI is InChI=1S/C26H27N3O2/c1-6-31-24-12-10-23(11-13-24)29-18(3)14-21(20(29)5)15-22(16-27)26(30)28-25-9-7-8-17(2)19(25)4/h7-15H,6H2,1-5H3,(H,28,30)/b22-15-. The number of hydrogen-bond donors (Lipinski definition) is 1. The Kier molecular flexibility index (Phi) is 6.61. The van der Waals surface area contributed by atoms with Crippen LogP contribution >= 0.6 is 0 Å². The Hall–Kier alpha value is -3.78. The lowest BCUT2D eigenvalue weighted by Crippen LogP contribution is -2.14. The maximum atomic E-state index is 12.8. The van der Waals surface area contributed by atoms with Gasteiger partial charge in [0.15, 0.2) is 0 Å². The number of rotatable bonds is 6. The minimum atomic E-state index is -0.415. The number of benzene rings is 2. The molecule has 0 atom stereocenters. The number of carbonyl (C=O) groups is 1. The molecule has 5 heteroatoms. The third-order valence-electron chi connectivity index (χ3n) is 5.39. The summed E-state index contributed by atoms with van der Waals surface area (Å²) in [6.45, 7) is 10.5.